The first-order valence-corrected chi connectivity index (χ1v) is 31.9. The Morgan fingerprint density at radius 1 is 0.344 bits per heavy atom. The molecule has 11 aromatic rings. The van der Waals surface area contributed by atoms with E-state index >= 15 is 0 Å². The molecule has 5 aliphatic rings. The van der Waals surface area contributed by atoms with Gasteiger partial charge in [-0.2, -0.15) is 0 Å². The summed E-state index contributed by atoms with van der Waals surface area (Å²) >= 11 is 0. The lowest BCUT2D eigenvalue weighted by atomic mass is 9.74. The number of nitrogens with zero attached hydrogens (tertiary/aromatic N) is 4. The van der Waals surface area contributed by atoms with Gasteiger partial charge in [0.25, 0.3) is 0 Å². The SMILES string of the molecule is CC1(C)c2cc(/C=C/c3ccc(-c4ccc(/C=C/c5ccc6c(c5)C(C)(C)c5cc(N(c7ccc8c(c7)C(C)(C)c7ccccc7-8)c7ccccn7)ccc5-6)cc4)cc3)ccc2-c2ccc(N(C3=CC4C(C=C3)c3ccccc3C4(C)C)c3ccccn3)cc21. The Kier molecular flexibility index (Phi) is 12.7. The van der Waals surface area contributed by atoms with E-state index in [0.717, 1.165) is 34.4 Å². The van der Waals surface area contributed by atoms with Crippen LogP contribution in [0.25, 0.3) is 68.8 Å². The minimum atomic E-state index is -0.212. The second-order valence-electron chi connectivity index (χ2n) is 27.5. The molecule has 2 aromatic heterocycles. The van der Waals surface area contributed by atoms with E-state index in [9.17, 15) is 0 Å². The maximum absolute atomic E-state index is 4.93. The fourth-order valence-electron chi connectivity index (χ4n) is 15.9. The molecule has 0 N–H and O–H groups in total. The third-order valence-electron chi connectivity index (χ3n) is 20.9. The van der Waals surface area contributed by atoms with E-state index in [4.69, 9.17) is 9.97 Å². The number of aromatic nitrogens is 2. The fourth-order valence-corrected chi connectivity index (χ4v) is 15.9. The van der Waals surface area contributed by atoms with Gasteiger partial charge in [0.2, 0.25) is 0 Å². The normalized spacial score (nSPS) is 17.6. The van der Waals surface area contributed by atoms with Gasteiger partial charge in [-0.15, -0.1) is 0 Å². The largest absolute Gasteiger partial charge is 0.295 e. The van der Waals surface area contributed by atoms with E-state index in [1.165, 1.54) is 111 Å². The smallest absolute Gasteiger partial charge is 0.137 e. The van der Waals surface area contributed by atoms with Crippen LogP contribution in [0.4, 0.5) is 28.7 Å². The van der Waals surface area contributed by atoms with Gasteiger partial charge in [0.1, 0.15) is 11.6 Å². The molecular formula is C86H72N4. The summed E-state index contributed by atoms with van der Waals surface area (Å²) in [5, 5.41) is 0. The second kappa shape index (κ2) is 20.7. The van der Waals surface area contributed by atoms with Crippen molar-refractivity contribution >= 4 is 53.0 Å². The van der Waals surface area contributed by atoms with Gasteiger partial charge in [0.05, 0.1) is 0 Å². The number of anilines is 5. The number of allylic oxidation sites excluding steroid dienone is 3. The van der Waals surface area contributed by atoms with E-state index in [-0.39, 0.29) is 21.7 Å². The monoisotopic (exact) mass is 1160 g/mol. The topological polar surface area (TPSA) is 32.3 Å². The molecule has 5 aliphatic carbocycles. The van der Waals surface area contributed by atoms with Crippen molar-refractivity contribution in [1.82, 2.24) is 9.97 Å². The Hall–Kier alpha value is -10.2. The summed E-state index contributed by atoms with van der Waals surface area (Å²) in [5.74, 6) is 2.52. The first-order chi connectivity index (χ1) is 43.6. The quantitative estimate of drug-likeness (QED) is 0.121. The van der Waals surface area contributed by atoms with Crippen LogP contribution in [-0.2, 0) is 21.7 Å². The van der Waals surface area contributed by atoms with Crippen molar-refractivity contribution in [2.45, 2.75) is 83.0 Å². The van der Waals surface area contributed by atoms with E-state index < -0.39 is 0 Å². The van der Waals surface area contributed by atoms with Gasteiger partial charge in [-0.3, -0.25) is 9.80 Å². The van der Waals surface area contributed by atoms with E-state index in [1.807, 2.05) is 24.5 Å². The number of pyridine rings is 2. The Balaban J connectivity index is 0.597. The third-order valence-corrected chi connectivity index (χ3v) is 20.9. The number of fused-ring (bicyclic) bond motifs is 12. The fraction of sp³-hybridized carbons (Fsp3) is 0.163. The van der Waals surface area contributed by atoms with Crippen LogP contribution >= 0.6 is 0 Å². The van der Waals surface area contributed by atoms with Gasteiger partial charge in [-0.25, -0.2) is 9.97 Å². The van der Waals surface area contributed by atoms with Gasteiger partial charge in [-0.1, -0.05) is 256 Å². The minimum Gasteiger partial charge on any atom is -0.295 e. The van der Waals surface area contributed by atoms with Crippen molar-refractivity contribution in [3.63, 3.8) is 0 Å². The zero-order valence-corrected chi connectivity index (χ0v) is 52.5. The second-order valence-corrected chi connectivity index (χ2v) is 27.5. The van der Waals surface area contributed by atoms with Crippen LogP contribution in [0.3, 0.4) is 0 Å². The van der Waals surface area contributed by atoms with Crippen molar-refractivity contribution in [1.29, 1.82) is 0 Å². The summed E-state index contributed by atoms with van der Waals surface area (Å²) in [6.45, 7) is 19.0. The Morgan fingerprint density at radius 3 is 1.23 bits per heavy atom. The van der Waals surface area contributed by atoms with Crippen LogP contribution in [0.15, 0.2) is 261 Å². The number of hydrogen-bond donors (Lipinski definition) is 0. The number of benzene rings is 9. The van der Waals surface area contributed by atoms with Crippen LogP contribution in [0.1, 0.15) is 128 Å². The molecule has 0 saturated carbocycles. The molecule has 0 radical (unpaired) electrons. The van der Waals surface area contributed by atoms with Crippen LogP contribution in [0.5, 0.6) is 0 Å². The molecule has 16 rings (SSSR count). The van der Waals surface area contributed by atoms with Crippen LogP contribution in [-0.4, -0.2) is 9.97 Å². The standard InChI is InChI=1S/C86H72N4/c1-83(2)73-19-11-9-17-65(73)69-43-37-61(51-77(69)83)89(81-21-13-15-47-87-81)63-39-45-71-67-41-31-57(49-75(67)85(5,6)79(71)53-63)25-23-55-27-33-59(34-28-55)60-35-29-56(30-36-60)24-26-58-32-42-68-72-46-40-64(54-80(72)86(7,8)76(68)50-58)90(82-22-14-16-48-88-82)62-38-44-70-66-18-10-12-20-74(66)84(3,4)78(70)52-62/h9-54,69,77H,1-8H3/b25-23+,26-24+. The predicted octanol–water partition coefficient (Wildman–Crippen LogP) is 22.2. The molecule has 0 amide bonds. The summed E-state index contributed by atoms with van der Waals surface area (Å²) in [5.41, 5.74) is 29.9. The summed E-state index contributed by atoms with van der Waals surface area (Å²) < 4.78 is 0. The molecule has 4 heteroatoms. The van der Waals surface area contributed by atoms with E-state index in [0.29, 0.717) is 11.8 Å². The molecule has 90 heavy (non-hydrogen) atoms. The van der Waals surface area contributed by atoms with E-state index in [1.54, 1.807) is 0 Å². The Bertz CT molecular complexity index is 4820. The lowest BCUT2D eigenvalue weighted by molar-refractivity contribution is 0.392. The zero-order valence-electron chi connectivity index (χ0n) is 52.5. The molecule has 2 atom stereocenters. The van der Waals surface area contributed by atoms with Gasteiger partial charge >= 0.3 is 0 Å². The molecule has 4 nitrogen and oxygen atoms in total. The molecule has 0 saturated heterocycles. The van der Waals surface area contributed by atoms with Crippen molar-refractivity contribution < 1.29 is 0 Å². The highest BCUT2D eigenvalue weighted by atomic mass is 15.2. The van der Waals surface area contributed by atoms with Crippen molar-refractivity contribution in [3.8, 4) is 44.5 Å². The van der Waals surface area contributed by atoms with Crippen LogP contribution in [0, 0.1) is 5.92 Å². The van der Waals surface area contributed by atoms with Gasteiger partial charge in [-0.05, 0) is 189 Å². The maximum atomic E-state index is 4.93. The highest BCUT2D eigenvalue weighted by molar-refractivity contribution is 5.90. The zero-order chi connectivity index (χ0) is 61.3. The van der Waals surface area contributed by atoms with Gasteiger partial charge in [0, 0.05) is 57.3 Å². The summed E-state index contributed by atoms with van der Waals surface area (Å²) in [6, 6.07) is 83.0. The lowest BCUT2D eigenvalue weighted by Crippen LogP contribution is -2.28. The van der Waals surface area contributed by atoms with E-state index in [2.05, 4.69) is 320 Å². The van der Waals surface area contributed by atoms with Crippen molar-refractivity contribution in [2.24, 2.45) is 5.92 Å². The highest BCUT2D eigenvalue weighted by Gasteiger charge is 2.46. The Labute approximate surface area is 530 Å². The maximum Gasteiger partial charge on any atom is 0.137 e. The van der Waals surface area contributed by atoms with Crippen LogP contribution < -0.4 is 9.80 Å². The highest BCUT2D eigenvalue weighted by Crippen LogP contribution is 2.57. The average Bonchev–Trinajstić information content (AvgIpc) is 1.71. The van der Waals surface area contributed by atoms with Crippen molar-refractivity contribution in [2.75, 3.05) is 9.80 Å². The summed E-state index contributed by atoms with van der Waals surface area (Å²) in [4.78, 5) is 14.5. The molecule has 0 bridgehead atoms. The minimum absolute atomic E-state index is 0.00965. The lowest BCUT2D eigenvalue weighted by Gasteiger charge is -2.34. The molecule has 2 heterocycles. The molecular weight excluding hydrogens is 1090 g/mol. The first kappa shape index (κ1) is 55.2. The first-order valence-electron chi connectivity index (χ1n) is 31.9. The molecule has 436 valence electrons. The van der Waals surface area contributed by atoms with Gasteiger partial charge < -0.3 is 0 Å². The molecule has 0 spiro atoms. The van der Waals surface area contributed by atoms with Crippen LogP contribution in [0.2, 0.25) is 0 Å². The Morgan fingerprint density at radius 2 is 0.733 bits per heavy atom. The third kappa shape index (κ3) is 8.85. The molecule has 0 fully saturated rings. The van der Waals surface area contributed by atoms with Gasteiger partial charge in [0.15, 0.2) is 0 Å². The molecule has 2 unspecified atom stereocenters. The summed E-state index contributed by atoms with van der Waals surface area (Å²) in [7, 11) is 0. The number of hydrogen-bond acceptors (Lipinski definition) is 4. The van der Waals surface area contributed by atoms with Crippen molar-refractivity contribution in [3.05, 3.63) is 328 Å². The number of rotatable bonds is 11. The predicted molar refractivity (Wildman–Crippen MR) is 377 cm³/mol. The average molecular weight is 1160 g/mol. The molecule has 0 aliphatic heterocycles. The summed E-state index contributed by atoms with van der Waals surface area (Å²) in [6.07, 6.45) is 20.0. The molecule has 9 aromatic carbocycles.